The van der Waals surface area contributed by atoms with E-state index in [0.29, 0.717) is 42.7 Å². The van der Waals surface area contributed by atoms with Crippen LogP contribution >= 0.6 is 0 Å². The summed E-state index contributed by atoms with van der Waals surface area (Å²) in [6, 6.07) is 2.82. The van der Waals surface area contributed by atoms with Gasteiger partial charge in [-0.25, -0.2) is 13.2 Å². The predicted octanol–water partition coefficient (Wildman–Crippen LogP) is 3.41. The number of hydrogen-bond acceptors (Lipinski definition) is 1. The lowest BCUT2D eigenvalue weighted by molar-refractivity contribution is 0.0972. The summed E-state index contributed by atoms with van der Waals surface area (Å²) in [6.45, 7) is 0. The molecule has 19 heavy (non-hydrogen) atoms. The maximum atomic E-state index is 13.8. The summed E-state index contributed by atoms with van der Waals surface area (Å²) < 4.78 is 41.7. The molecule has 0 N–H and O–H groups in total. The van der Waals surface area contributed by atoms with E-state index >= 15 is 0 Å². The van der Waals surface area contributed by atoms with Crippen LogP contribution in [0.25, 0.3) is 5.69 Å². The van der Waals surface area contributed by atoms with Gasteiger partial charge in [-0.3, -0.25) is 4.79 Å². The van der Waals surface area contributed by atoms with Crippen molar-refractivity contribution in [1.29, 1.82) is 0 Å². The van der Waals surface area contributed by atoms with Gasteiger partial charge in [0.25, 0.3) is 0 Å². The maximum absolute atomic E-state index is 13.8. The number of carbonyl (C=O) groups excluding carboxylic acids is 1. The number of fused-ring (bicyclic) bond motifs is 1. The smallest absolute Gasteiger partial charge is 0.164 e. The van der Waals surface area contributed by atoms with Gasteiger partial charge in [-0.15, -0.1) is 0 Å². The van der Waals surface area contributed by atoms with Gasteiger partial charge in [-0.05, 0) is 18.9 Å². The average molecular weight is 265 g/mol. The number of nitrogens with zero attached hydrogens (tertiary/aromatic N) is 1. The van der Waals surface area contributed by atoms with Crippen LogP contribution in [0.3, 0.4) is 0 Å². The van der Waals surface area contributed by atoms with Gasteiger partial charge >= 0.3 is 0 Å². The summed E-state index contributed by atoms with van der Waals surface area (Å²) in [5.41, 5.74) is 0.743. The summed E-state index contributed by atoms with van der Waals surface area (Å²) in [5, 5.41) is 0. The molecule has 0 aliphatic heterocycles. The van der Waals surface area contributed by atoms with Crippen molar-refractivity contribution < 1.29 is 18.0 Å². The van der Waals surface area contributed by atoms with Crippen molar-refractivity contribution in [2.75, 3.05) is 0 Å². The van der Waals surface area contributed by atoms with E-state index in [9.17, 15) is 18.0 Å². The Morgan fingerprint density at radius 2 is 1.74 bits per heavy atom. The number of benzene rings is 1. The lowest BCUT2D eigenvalue weighted by Crippen LogP contribution is -2.13. The first-order chi connectivity index (χ1) is 9.08. The van der Waals surface area contributed by atoms with E-state index in [1.165, 1.54) is 10.8 Å². The molecule has 2 nitrogen and oxygen atoms in total. The molecule has 1 aliphatic rings. The molecule has 2 aromatic rings. The van der Waals surface area contributed by atoms with Crippen LogP contribution in [-0.2, 0) is 6.42 Å². The number of halogens is 3. The predicted molar refractivity (Wildman–Crippen MR) is 62.9 cm³/mol. The van der Waals surface area contributed by atoms with Crippen molar-refractivity contribution in [3.05, 3.63) is 53.1 Å². The molecule has 1 aliphatic carbocycles. The topological polar surface area (TPSA) is 22.0 Å². The highest BCUT2D eigenvalue weighted by Crippen LogP contribution is 2.28. The lowest BCUT2D eigenvalue weighted by atomic mass is 9.96. The van der Waals surface area contributed by atoms with E-state index in [1.807, 2.05) is 0 Å². The average Bonchev–Trinajstić information content (AvgIpc) is 2.73. The van der Waals surface area contributed by atoms with Gasteiger partial charge in [0.1, 0.15) is 11.5 Å². The number of ketones is 1. The lowest BCUT2D eigenvalue weighted by Gasteiger charge is -2.16. The first-order valence-corrected chi connectivity index (χ1v) is 5.96. The second-order valence-corrected chi connectivity index (χ2v) is 4.54. The number of Topliss-reactive ketones (excluding diaryl/α,β-unsaturated/α-hetero) is 1. The Balaban J connectivity index is 2.21. The van der Waals surface area contributed by atoms with Crippen molar-refractivity contribution in [3.8, 4) is 5.69 Å². The summed E-state index contributed by atoms with van der Waals surface area (Å²) >= 11 is 0. The molecule has 1 aromatic heterocycles. The van der Waals surface area contributed by atoms with Gasteiger partial charge in [0, 0.05) is 36.0 Å². The Kier molecular flexibility index (Phi) is 2.69. The highest BCUT2D eigenvalue weighted by molar-refractivity contribution is 5.98. The van der Waals surface area contributed by atoms with Crippen molar-refractivity contribution in [2.45, 2.75) is 19.3 Å². The van der Waals surface area contributed by atoms with Gasteiger partial charge in [-0.2, -0.15) is 0 Å². The Morgan fingerprint density at radius 3 is 2.42 bits per heavy atom. The van der Waals surface area contributed by atoms with Crippen LogP contribution in [0.2, 0.25) is 0 Å². The third-order valence-electron chi connectivity index (χ3n) is 3.33. The third-order valence-corrected chi connectivity index (χ3v) is 3.33. The van der Waals surface area contributed by atoms with Crippen LogP contribution in [0.4, 0.5) is 13.2 Å². The molecular weight excluding hydrogens is 255 g/mol. The van der Waals surface area contributed by atoms with E-state index in [-0.39, 0.29) is 11.5 Å². The molecule has 0 unspecified atom stereocenters. The molecule has 0 saturated heterocycles. The van der Waals surface area contributed by atoms with Crippen molar-refractivity contribution >= 4 is 5.78 Å². The fourth-order valence-electron chi connectivity index (χ4n) is 2.50. The first kappa shape index (κ1) is 12.0. The summed E-state index contributed by atoms with van der Waals surface area (Å²) in [6.07, 6.45) is 3.13. The minimum atomic E-state index is -0.978. The SMILES string of the molecule is O=C1CCCc2c1ccn2-c1c(F)cc(F)cc1F. The first-order valence-electron chi connectivity index (χ1n) is 5.96. The van der Waals surface area contributed by atoms with Gasteiger partial charge in [0.15, 0.2) is 17.4 Å². The number of aromatic nitrogens is 1. The summed E-state index contributed by atoms with van der Waals surface area (Å²) in [4.78, 5) is 11.7. The summed E-state index contributed by atoms with van der Waals surface area (Å²) in [7, 11) is 0. The zero-order valence-electron chi connectivity index (χ0n) is 9.92. The van der Waals surface area contributed by atoms with Crippen LogP contribution in [-0.4, -0.2) is 10.4 Å². The molecule has 0 radical (unpaired) electrons. The Hall–Kier alpha value is -2.04. The van der Waals surface area contributed by atoms with Crippen LogP contribution in [0, 0.1) is 17.5 Å². The van der Waals surface area contributed by atoms with Gasteiger partial charge in [0.2, 0.25) is 0 Å². The van der Waals surface area contributed by atoms with E-state index in [2.05, 4.69) is 0 Å². The van der Waals surface area contributed by atoms with E-state index in [1.54, 1.807) is 6.07 Å². The quantitative estimate of drug-likeness (QED) is 0.774. The standard InChI is InChI=1S/C14H10F3NO/c15-8-6-10(16)14(11(17)7-8)18-5-4-9-12(18)2-1-3-13(9)19/h4-7H,1-3H2. The second kappa shape index (κ2) is 4.26. The third kappa shape index (κ3) is 1.85. The van der Waals surface area contributed by atoms with E-state index in [4.69, 9.17) is 0 Å². The zero-order valence-corrected chi connectivity index (χ0v) is 9.92. The van der Waals surface area contributed by atoms with Gasteiger partial charge in [0.05, 0.1) is 0 Å². The van der Waals surface area contributed by atoms with Gasteiger partial charge in [-0.1, -0.05) is 0 Å². The molecular formula is C14H10F3NO. The largest absolute Gasteiger partial charge is 0.315 e. The number of rotatable bonds is 1. The minimum absolute atomic E-state index is 0.0251. The fraction of sp³-hybridized carbons (Fsp3) is 0.214. The molecule has 0 atom stereocenters. The second-order valence-electron chi connectivity index (χ2n) is 4.54. The molecule has 98 valence electrons. The molecule has 1 heterocycles. The molecule has 0 bridgehead atoms. The molecule has 5 heteroatoms. The molecule has 1 aromatic carbocycles. The minimum Gasteiger partial charge on any atom is -0.315 e. The zero-order chi connectivity index (χ0) is 13.6. The Bertz CT molecular complexity index is 652. The molecule has 0 spiro atoms. The fourth-order valence-corrected chi connectivity index (χ4v) is 2.50. The van der Waals surface area contributed by atoms with Crippen LogP contribution < -0.4 is 0 Å². The number of hydrogen-bond donors (Lipinski definition) is 0. The maximum Gasteiger partial charge on any atom is 0.164 e. The molecule has 0 saturated carbocycles. The molecule has 0 fully saturated rings. The van der Waals surface area contributed by atoms with E-state index < -0.39 is 17.5 Å². The Labute approximate surface area is 107 Å². The monoisotopic (exact) mass is 265 g/mol. The van der Waals surface area contributed by atoms with Crippen molar-refractivity contribution in [1.82, 2.24) is 4.57 Å². The molecule has 3 rings (SSSR count). The summed E-state index contributed by atoms with van der Waals surface area (Å²) in [5.74, 6) is -2.94. The van der Waals surface area contributed by atoms with E-state index in [0.717, 1.165) is 0 Å². The highest BCUT2D eigenvalue weighted by Gasteiger charge is 2.24. The van der Waals surface area contributed by atoms with Crippen LogP contribution in [0.15, 0.2) is 24.4 Å². The van der Waals surface area contributed by atoms with Crippen LogP contribution in [0.5, 0.6) is 0 Å². The molecule has 0 amide bonds. The normalized spacial score (nSPS) is 14.6. The van der Waals surface area contributed by atoms with Crippen molar-refractivity contribution in [2.24, 2.45) is 0 Å². The number of carbonyl (C=O) groups is 1. The van der Waals surface area contributed by atoms with Gasteiger partial charge < -0.3 is 4.57 Å². The van der Waals surface area contributed by atoms with Crippen molar-refractivity contribution in [3.63, 3.8) is 0 Å². The highest BCUT2D eigenvalue weighted by atomic mass is 19.1. The van der Waals surface area contributed by atoms with Crippen LogP contribution in [0.1, 0.15) is 28.9 Å². The Morgan fingerprint density at radius 1 is 1.05 bits per heavy atom.